The molecule has 0 atom stereocenters. The van der Waals surface area contributed by atoms with E-state index < -0.39 is 5.97 Å². The van der Waals surface area contributed by atoms with E-state index >= 15 is 0 Å². The molecule has 4 aromatic rings. The number of anilines is 1. The molecule has 0 fully saturated rings. The van der Waals surface area contributed by atoms with E-state index in [1.165, 1.54) is 10.9 Å². The number of hydrogen-bond donors (Lipinski definition) is 1. The van der Waals surface area contributed by atoms with E-state index in [2.05, 4.69) is 10.4 Å². The molecule has 1 N–H and O–H groups in total. The van der Waals surface area contributed by atoms with Crippen molar-refractivity contribution in [1.82, 2.24) is 14.8 Å². The van der Waals surface area contributed by atoms with E-state index in [1.807, 2.05) is 44.2 Å². The fourth-order valence-corrected chi connectivity index (χ4v) is 3.61. The predicted octanol–water partition coefficient (Wildman–Crippen LogP) is 4.47. The number of benzene rings is 2. The summed E-state index contributed by atoms with van der Waals surface area (Å²) >= 11 is 0. The Morgan fingerprint density at radius 2 is 1.88 bits per heavy atom. The summed E-state index contributed by atoms with van der Waals surface area (Å²) in [6.45, 7) is 5.77. The van der Waals surface area contributed by atoms with Crippen molar-refractivity contribution < 1.29 is 19.1 Å². The van der Waals surface area contributed by atoms with Gasteiger partial charge in [0.1, 0.15) is 16.8 Å². The van der Waals surface area contributed by atoms with Gasteiger partial charge in [0.25, 0.3) is 5.91 Å². The second-order valence-electron chi connectivity index (χ2n) is 7.52. The zero-order chi connectivity index (χ0) is 23.5. The molecule has 0 aliphatic carbocycles. The van der Waals surface area contributed by atoms with Crippen molar-refractivity contribution in [2.75, 3.05) is 19.0 Å². The van der Waals surface area contributed by atoms with Gasteiger partial charge >= 0.3 is 5.97 Å². The van der Waals surface area contributed by atoms with E-state index in [-0.39, 0.29) is 23.9 Å². The minimum atomic E-state index is -0.585. The Morgan fingerprint density at radius 1 is 1.09 bits per heavy atom. The van der Waals surface area contributed by atoms with Crippen LogP contribution in [0.4, 0.5) is 5.82 Å². The van der Waals surface area contributed by atoms with Gasteiger partial charge in [0.15, 0.2) is 11.6 Å². The number of amides is 1. The highest BCUT2D eigenvalue weighted by Crippen LogP contribution is 2.29. The van der Waals surface area contributed by atoms with Gasteiger partial charge in [0.2, 0.25) is 0 Å². The van der Waals surface area contributed by atoms with Crippen LogP contribution in [0.2, 0.25) is 0 Å². The number of ether oxygens (including phenoxy) is 2. The predicted molar refractivity (Wildman–Crippen MR) is 125 cm³/mol. The average molecular weight is 444 g/mol. The number of carbonyl (C=O) groups excluding carboxylic acids is 2. The lowest BCUT2D eigenvalue weighted by molar-refractivity contribution is 0.0527. The maximum Gasteiger partial charge on any atom is 0.343 e. The van der Waals surface area contributed by atoms with Crippen molar-refractivity contribution in [3.05, 3.63) is 77.0 Å². The summed E-state index contributed by atoms with van der Waals surface area (Å²) in [7, 11) is 1.58. The number of para-hydroxylation sites is 1. The lowest BCUT2D eigenvalue weighted by Gasteiger charge is -2.13. The number of rotatable bonds is 6. The van der Waals surface area contributed by atoms with Crippen LogP contribution in [0.5, 0.6) is 5.75 Å². The first-order chi connectivity index (χ1) is 15.9. The molecule has 2 aromatic carbocycles. The minimum Gasteiger partial charge on any atom is -0.494 e. The average Bonchev–Trinajstić information content (AvgIpc) is 3.22. The van der Waals surface area contributed by atoms with Crippen molar-refractivity contribution in [3.8, 4) is 11.6 Å². The zero-order valence-electron chi connectivity index (χ0n) is 18.9. The lowest BCUT2D eigenvalue weighted by atomic mass is 10.1. The maximum absolute atomic E-state index is 13.0. The molecule has 2 aromatic heterocycles. The molecule has 0 unspecified atom stereocenters. The normalized spacial score (nSPS) is 10.8. The van der Waals surface area contributed by atoms with Crippen molar-refractivity contribution in [2.45, 2.75) is 20.8 Å². The minimum absolute atomic E-state index is 0.137. The van der Waals surface area contributed by atoms with E-state index in [0.29, 0.717) is 22.6 Å². The highest BCUT2D eigenvalue weighted by atomic mass is 16.5. The van der Waals surface area contributed by atoms with Crippen molar-refractivity contribution in [3.63, 3.8) is 0 Å². The third-order valence-corrected chi connectivity index (χ3v) is 5.21. The molecule has 0 aliphatic heterocycles. The molecule has 168 valence electrons. The van der Waals surface area contributed by atoms with Crippen LogP contribution >= 0.6 is 0 Å². The van der Waals surface area contributed by atoms with Gasteiger partial charge in [-0.1, -0.05) is 29.8 Å². The van der Waals surface area contributed by atoms with Crippen molar-refractivity contribution >= 4 is 28.6 Å². The summed E-state index contributed by atoms with van der Waals surface area (Å²) < 4.78 is 12.1. The molecule has 0 saturated carbocycles. The van der Waals surface area contributed by atoms with Crippen LogP contribution in [0.25, 0.3) is 16.7 Å². The molecular weight excluding hydrogens is 420 g/mol. The number of aromatic nitrogens is 3. The van der Waals surface area contributed by atoms with Gasteiger partial charge in [-0.15, -0.1) is 0 Å². The summed E-state index contributed by atoms with van der Waals surface area (Å²) in [6, 6.07) is 14.7. The van der Waals surface area contributed by atoms with Gasteiger partial charge in [-0.3, -0.25) is 4.79 Å². The third-order valence-electron chi connectivity index (χ3n) is 5.21. The molecule has 0 radical (unpaired) electrons. The number of methoxy groups -OCH3 is 1. The van der Waals surface area contributed by atoms with E-state index in [4.69, 9.17) is 14.5 Å². The van der Waals surface area contributed by atoms with Gasteiger partial charge in [0.05, 0.1) is 19.9 Å². The molecule has 4 rings (SSSR count). The molecular formula is C25H24N4O4. The molecule has 0 saturated heterocycles. The molecule has 0 aliphatic rings. The van der Waals surface area contributed by atoms with Crippen LogP contribution in [0, 0.1) is 13.8 Å². The second-order valence-corrected chi connectivity index (χ2v) is 7.52. The van der Waals surface area contributed by atoms with Gasteiger partial charge < -0.3 is 14.8 Å². The first-order valence-electron chi connectivity index (χ1n) is 10.5. The Hall–Kier alpha value is -4.20. The number of hydrogen-bond acceptors (Lipinski definition) is 6. The standard InChI is InChI=1S/C25H24N4O4/c1-5-33-25(31)19-14-26-29(23(19)28-24(30)17-9-6-8-15(2)12-17)21-13-16(3)18-10-7-11-20(32-4)22(18)27-21/h6-14H,5H2,1-4H3,(H,28,30). The smallest absolute Gasteiger partial charge is 0.343 e. The summed E-state index contributed by atoms with van der Waals surface area (Å²) in [6.07, 6.45) is 1.37. The summed E-state index contributed by atoms with van der Waals surface area (Å²) in [5.74, 6) is 0.265. The molecule has 33 heavy (non-hydrogen) atoms. The lowest BCUT2D eigenvalue weighted by Crippen LogP contribution is -2.18. The molecule has 1 amide bonds. The molecule has 8 nitrogen and oxygen atoms in total. The number of aryl methyl sites for hydroxylation is 2. The Bertz CT molecular complexity index is 1360. The first kappa shape index (κ1) is 22.0. The number of esters is 1. The fraction of sp³-hybridized carbons (Fsp3) is 0.200. The van der Waals surface area contributed by atoms with Gasteiger partial charge in [-0.05, 0) is 50.6 Å². The Morgan fingerprint density at radius 3 is 2.61 bits per heavy atom. The number of carbonyl (C=O) groups is 2. The first-order valence-corrected chi connectivity index (χ1v) is 10.5. The van der Waals surface area contributed by atoms with Crippen LogP contribution in [0.1, 0.15) is 38.8 Å². The fourth-order valence-electron chi connectivity index (χ4n) is 3.61. The molecule has 8 heteroatoms. The highest BCUT2D eigenvalue weighted by Gasteiger charge is 2.23. The van der Waals surface area contributed by atoms with Gasteiger partial charge in [-0.2, -0.15) is 9.78 Å². The number of nitrogens with zero attached hydrogens (tertiary/aromatic N) is 3. The maximum atomic E-state index is 13.0. The summed E-state index contributed by atoms with van der Waals surface area (Å²) in [5, 5.41) is 8.11. The van der Waals surface area contributed by atoms with Crippen LogP contribution in [-0.4, -0.2) is 40.4 Å². The number of fused-ring (bicyclic) bond motifs is 1. The van der Waals surface area contributed by atoms with Gasteiger partial charge in [-0.25, -0.2) is 9.78 Å². The summed E-state index contributed by atoms with van der Waals surface area (Å²) in [4.78, 5) is 30.3. The van der Waals surface area contributed by atoms with E-state index in [1.54, 1.807) is 32.2 Å². The summed E-state index contributed by atoms with van der Waals surface area (Å²) in [5.41, 5.74) is 3.14. The molecule has 2 heterocycles. The number of pyridine rings is 1. The van der Waals surface area contributed by atoms with Crippen molar-refractivity contribution in [2.24, 2.45) is 0 Å². The van der Waals surface area contributed by atoms with Crippen LogP contribution < -0.4 is 10.1 Å². The van der Waals surface area contributed by atoms with Crippen molar-refractivity contribution in [1.29, 1.82) is 0 Å². The van der Waals surface area contributed by atoms with E-state index in [9.17, 15) is 9.59 Å². The third kappa shape index (κ3) is 4.27. The van der Waals surface area contributed by atoms with Crippen LogP contribution in [0.15, 0.2) is 54.7 Å². The Labute approximate surface area is 191 Å². The quantitative estimate of drug-likeness (QED) is 0.441. The Kier molecular flexibility index (Phi) is 6.08. The largest absolute Gasteiger partial charge is 0.494 e. The topological polar surface area (TPSA) is 95.3 Å². The SMILES string of the molecule is CCOC(=O)c1cnn(-c2cc(C)c3cccc(OC)c3n2)c1NC(=O)c1cccc(C)c1. The monoisotopic (exact) mass is 444 g/mol. The van der Waals surface area contributed by atoms with Gasteiger partial charge in [0, 0.05) is 10.9 Å². The highest BCUT2D eigenvalue weighted by molar-refractivity contribution is 6.07. The molecule has 0 bridgehead atoms. The zero-order valence-corrected chi connectivity index (χ0v) is 18.9. The number of nitrogens with one attached hydrogen (secondary N) is 1. The molecule has 0 spiro atoms. The van der Waals surface area contributed by atoms with Crippen LogP contribution in [-0.2, 0) is 4.74 Å². The Balaban J connectivity index is 1.85. The van der Waals surface area contributed by atoms with Crippen LogP contribution in [0.3, 0.4) is 0 Å². The van der Waals surface area contributed by atoms with E-state index in [0.717, 1.165) is 16.5 Å². The second kappa shape index (κ2) is 9.12.